The lowest BCUT2D eigenvalue weighted by molar-refractivity contribution is 0.102. The van der Waals surface area contributed by atoms with Gasteiger partial charge in [0.1, 0.15) is 0 Å². The molecule has 1 aliphatic carbocycles. The number of carbonyl (C=O) groups excluding carboxylic acids is 1. The predicted molar refractivity (Wildman–Crippen MR) is 99.5 cm³/mol. The van der Waals surface area contributed by atoms with Crippen molar-refractivity contribution in [1.82, 2.24) is 9.78 Å². The van der Waals surface area contributed by atoms with Gasteiger partial charge in [-0.3, -0.25) is 4.79 Å². The van der Waals surface area contributed by atoms with Crippen LogP contribution in [0.25, 0.3) is 5.69 Å². The fourth-order valence-electron chi connectivity index (χ4n) is 3.47. The molecule has 0 bridgehead atoms. The summed E-state index contributed by atoms with van der Waals surface area (Å²) in [6.45, 7) is 4.07. The molecule has 25 heavy (non-hydrogen) atoms. The Bertz CT molecular complexity index is 941. The molecule has 1 N–H and O–H groups in total. The summed E-state index contributed by atoms with van der Waals surface area (Å²) in [7, 11) is 0. The average molecular weight is 331 g/mol. The van der Waals surface area contributed by atoms with E-state index in [0.717, 1.165) is 53.0 Å². The van der Waals surface area contributed by atoms with E-state index in [9.17, 15) is 4.79 Å². The first-order valence-electron chi connectivity index (χ1n) is 8.69. The average Bonchev–Trinajstić information content (AvgIpc) is 3.22. The Morgan fingerprint density at radius 2 is 1.84 bits per heavy atom. The number of hydrogen-bond donors (Lipinski definition) is 1. The molecule has 0 aliphatic heterocycles. The number of amides is 1. The van der Waals surface area contributed by atoms with E-state index in [-0.39, 0.29) is 5.91 Å². The number of nitrogens with zero attached hydrogens (tertiary/aromatic N) is 2. The number of para-hydroxylation sites is 1. The summed E-state index contributed by atoms with van der Waals surface area (Å²) in [5.74, 6) is -0.124. The van der Waals surface area contributed by atoms with Crippen LogP contribution in [0.4, 0.5) is 5.69 Å². The lowest BCUT2D eigenvalue weighted by Crippen LogP contribution is -2.16. The van der Waals surface area contributed by atoms with Gasteiger partial charge >= 0.3 is 0 Å². The van der Waals surface area contributed by atoms with E-state index in [1.807, 2.05) is 67.1 Å². The van der Waals surface area contributed by atoms with Gasteiger partial charge in [0.05, 0.1) is 5.69 Å². The molecule has 0 saturated carbocycles. The second-order valence-corrected chi connectivity index (χ2v) is 6.58. The van der Waals surface area contributed by atoms with Gasteiger partial charge in [-0.25, -0.2) is 4.68 Å². The summed E-state index contributed by atoms with van der Waals surface area (Å²) in [6, 6.07) is 16.0. The molecule has 0 saturated heterocycles. The first-order chi connectivity index (χ1) is 12.1. The molecule has 4 rings (SSSR count). The van der Waals surface area contributed by atoms with Crippen molar-refractivity contribution in [3.63, 3.8) is 0 Å². The third kappa shape index (κ3) is 2.74. The lowest BCUT2D eigenvalue weighted by atomic mass is 10.1. The van der Waals surface area contributed by atoms with Gasteiger partial charge in [-0.15, -0.1) is 0 Å². The predicted octanol–water partition coefficient (Wildman–Crippen LogP) is 4.23. The van der Waals surface area contributed by atoms with E-state index in [2.05, 4.69) is 10.4 Å². The van der Waals surface area contributed by atoms with E-state index in [4.69, 9.17) is 0 Å². The Hall–Kier alpha value is -2.88. The van der Waals surface area contributed by atoms with Crippen LogP contribution >= 0.6 is 0 Å². The minimum absolute atomic E-state index is 0.124. The molecule has 126 valence electrons. The number of fused-ring (bicyclic) bond motifs is 1. The van der Waals surface area contributed by atoms with Gasteiger partial charge in [0, 0.05) is 16.9 Å². The van der Waals surface area contributed by atoms with Gasteiger partial charge in [-0.2, -0.15) is 5.10 Å². The maximum atomic E-state index is 12.9. The molecule has 1 aromatic heterocycles. The zero-order valence-electron chi connectivity index (χ0n) is 14.5. The largest absolute Gasteiger partial charge is 0.320 e. The standard InChI is InChI=1S/C21H21N3O/c1-14-8-6-12-18(15(14)2)22-21(25)20-17-11-7-13-19(17)24(23-20)16-9-4-3-5-10-16/h3-6,8-10,12H,7,11,13H2,1-2H3,(H,22,25). The topological polar surface area (TPSA) is 46.9 Å². The number of benzene rings is 2. The molecule has 4 nitrogen and oxygen atoms in total. The third-order valence-electron chi connectivity index (χ3n) is 5.00. The Morgan fingerprint density at radius 3 is 2.64 bits per heavy atom. The van der Waals surface area contributed by atoms with E-state index < -0.39 is 0 Å². The Morgan fingerprint density at radius 1 is 1.04 bits per heavy atom. The van der Waals surface area contributed by atoms with Crippen molar-refractivity contribution in [3.8, 4) is 5.69 Å². The van der Waals surface area contributed by atoms with Crippen LogP contribution in [0.15, 0.2) is 48.5 Å². The molecule has 3 aromatic rings. The number of rotatable bonds is 3. The Kier molecular flexibility index (Phi) is 3.88. The number of hydrogen-bond acceptors (Lipinski definition) is 2. The minimum atomic E-state index is -0.124. The monoisotopic (exact) mass is 331 g/mol. The highest BCUT2D eigenvalue weighted by Gasteiger charge is 2.27. The van der Waals surface area contributed by atoms with E-state index in [0.29, 0.717) is 5.69 Å². The number of anilines is 1. The SMILES string of the molecule is Cc1cccc(NC(=O)c2nn(-c3ccccc3)c3c2CCC3)c1C. The molecule has 0 fully saturated rings. The molecular weight excluding hydrogens is 310 g/mol. The quantitative estimate of drug-likeness (QED) is 0.781. The van der Waals surface area contributed by atoms with E-state index >= 15 is 0 Å². The zero-order valence-corrected chi connectivity index (χ0v) is 14.5. The maximum Gasteiger partial charge on any atom is 0.276 e. The van der Waals surface area contributed by atoms with Gasteiger partial charge in [0.25, 0.3) is 5.91 Å². The lowest BCUT2D eigenvalue weighted by Gasteiger charge is -2.09. The summed E-state index contributed by atoms with van der Waals surface area (Å²) in [6.07, 6.45) is 2.95. The summed E-state index contributed by atoms with van der Waals surface area (Å²) >= 11 is 0. The Balaban J connectivity index is 1.71. The smallest absolute Gasteiger partial charge is 0.276 e. The molecule has 0 radical (unpaired) electrons. The summed E-state index contributed by atoms with van der Waals surface area (Å²) < 4.78 is 1.93. The van der Waals surface area contributed by atoms with Crippen LogP contribution < -0.4 is 5.32 Å². The fraction of sp³-hybridized carbons (Fsp3) is 0.238. The van der Waals surface area contributed by atoms with Gasteiger partial charge in [0.15, 0.2) is 5.69 Å². The number of aromatic nitrogens is 2. The van der Waals surface area contributed by atoms with Crippen LogP contribution in [0.3, 0.4) is 0 Å². The molecule has 0 unspecified atom stereocenters. The third-order valence-corrected chi connectivity index (χ3v) is 5.00. The van der Waals surface area contributed by atoms with Crippen LogP contribution in [-0.4, -0.2) is 15.7 Å². The number of nitrogens with one attached hydrogen (secondary N) is 1. The van der Waals surface area contributed by atoms with Gasteiger partial charge in [-0.05, 0) is 62.4 Å². The normalized spacial score (nSPS) is 12.9. The first kappa shape index (κ1) is 15.6. The van der Waals surface area contributed by atoms with Crippen molar-refractivity contribution in [2.24, 2.45) is 0 Å². The second-order valence-electron chi connectivity index (χ2n) is 6.58. The maximum absolute atomic E-state index is 12.9. The summed E-state index contributed by atoms with van der Waals surface area (Å²) in [5.41, 5.74) is 6.92. The molecular formula is C21H21N3O. The highest BCUT2D eigenvalue weighted by molar-refractivity contribution is 6.04. The molecule has 1 amide bonds. The van der Waals surface area contributed by atoms with Crippen LogP contribution in [-0.2, 0) is 12.8 Å². The molecule has 0 spiro atoms. The van der Waals surface area contributed by atoms with Crippen molar-refractivity contribution in [2.75, 3.05) is 5.32 Å². The molecule has 1 aliphatic rings. The van der Waals surface area contributed by atoms with Crippen molar-refractivity contribution >= 4 is 11.6 Å². The van der Waals surface area contributed by atoms with Gasteiger partial charge < -0.3 is 5.32 Å². The van der Waals surface area contributed by atoms with Gasteiger partial charge in [0.2, 0.25) is 0 Å². The molecule has 2 aromatic carbocycles. The molecule has 1 heterocycles. The molecule has 4 heteroatoms. The number of carbonyl (C=O) groups is 1. The summed E-state index contributed by atoms with van der Waals surface area (Å²) in [4.78, 5) is 12.9. The summed E-state index contributed by atoms with van der Waals surface area (Å²) in [5, 5.41) is 7.70. The Labute approximate surface area is 147 Å². The van der Waals surface area contributed by atoms with Crippen molar-refractivity contribution < 1.29 is 4.79 Å². The van der Waals surface area contributed by atoms with Crippen molar-refractivity contribution in [2.45, 2.75) is 33.1 Å². The van der Waals surface area contributed by atoms with Crippen LogP contribution in [0.5, 0.6) is 0 Å². The van der Waals surface area contributed by atoms with Crippen LogP contribution in [0, 0.1) is 13.8 Å². The number of aryl methyl sites for hydroxylation is 1. The van der Waals surface area contributed by atoms with E-state index in [1.54, 1.807) is 0 Å². The first-order valence-corrected chi connectivity index (χ1v) is 8.69. The van der Waals surface area contributed by atoms with Crippen LogP contribution in [0.2, 0.25) is 0 Å². The van der Waals surface area contributed by atoms with Crippen molar-refractivity contribution in [3.05, 3.63) is 76.6 Å². The second kappa shape index (κ2) is 6.20. The molecule has 0 atom stereocenters. The fourth-order valence-corrected chi connectivity index (χ4v) is 3.47. The highest BCUT2D eigenvalue weighted by Crippen LogP contribution is 2.28. The zero-order chi connectivity index (χ0) is 17.4. The van der Waals surface area contributed by atoms with Gasteiger partial charge in [-0.1, -0.05) is 30.3 Å². The van der Waals surface area contributed by atoms with Crippen LogP contribution in [0.1, 0.15) is 39.3 Å². The van der Waals surface area contributed by atoms with E-state index in [1.165, 1.54) is 0 Å². The van der Waals surface area contributed by atoms with Crippen molar-refractivity contribution in [1.29, 1.82) is 0 Å². The highest BCUT2D eigenvalue weighted by atomic mass is 16.2. The minimum Gasteiger partial charge on any atom is -0.320 e.